The van der Waals surface area contributed by atoms with Crippen LogP contribution in [0.5, 0.6) is 0 Å². The van der Waals surface area contributed by atoms with Crippen LogP contribution in [0.4, 0.5) is 0 Å². The Morgan fingerprint density at radius 2 is 1.67 bits per heavy atom. The maximum absolute atomic E-state index is 10.3. The molecular weight excluding hydrogens is 240 g/mol. The van der Waals surface area contributed by atoms with E-state index >= 15 is 0 Å². The molecule has 6 nitrogen and oxygen atoms in total. The van der Waals surface area contributed by atoms with Crippen molar-refractivity contribution in [3.8, 4) is 0 Å². The van der Waals surface area contributed by atoms with E-state index in [2.05, 4.69) is 0 Å². The number of aliphatic hydroxyl groups is 1. The zero-order valence-electron chi connectivity index (χ0n) is 11.1. The molecule has 5 atom stereocenters. The number of hydrogen-bond donors (Lipinski definition) is 1. The fraction of sp³-hybridized carbons (Fsp3) is 1.00. The topological polar surface area (TPSA) is 66.4 Å². The van der Waals surface area contributed by atoms with Crippen LogP contribution in [0.3, 0.4) is 0 Å². The molecule has 1 unspecified atom stereocenters. The molecule has 6 heteroatoms. The van der Waals surface area contributed by atoms with Crippen LogP contribution in [-0.4, -0.2) is 54.0 Å². The van der Waals surface area contributed by atoms with Gasteiger partial charge in [-0.25, -0.2) is 0 Å². The van der Waals surface area contributed by atoms with E-state index in [-0.39, 0.29) is 6.10 Å². The minimum absolute atomic E-state index is 0.295. The van der Waals surface area contributed by atoms with E-state index in [9.17, 15) is 5.11 Å². The van der Waals surface area contributed by atoms with Crippen molar-refractivity contribution >= 4 is 0 Å². The van der Waals surface area contributed by atoms with Crippen molar-refractivity contribution in [1.29, 1.82) is 0 Å². The second-order valence-corrected chi connectivity index (χ2v) is 5.93. The zero-order valence-corrected chi connectivity index (χ0v) is 11.1. The van der Waals surface area contributed by atoms with Crippen LogP contribution < -0.4 is 0 Å². The third-order valence-electron chi connectivity index (χ3n) is 3.45. The third-order valence-corrected chi connectivity index (χ3v) is 3.45. The van der Waals surface area contributed by atoms with Crippen LogP contribution >= 0.6 is 0 Å². The number of rotatable bonds is 1. The van der Waals surface area contributed by atoms with Crippen molar-refractivity contribution < 1.29 is 28.8 Å². The first-order chi connectivity index (χ1) is 8.27. The van der Waals surface area contributed by atoms with Crippen molar-refractivity contribution in [2.75, 3.05) is 6.61 Å². The molecule has 3 saturated heterocycles. The zero-order chi connectivity index (χ0) is 13.1. The Morgan fingerprint density at radius 1 is 0.944 bits per heavy atom. The molecule has 0 aliphatic carbocycles. The van der Waals surface area contributed by atoms with Crippen LogP contribution in [-0.2, 0) is 23.7 Å². The van der Waals surface area contributed by atoms with Crippen molar-refractivity contribution in [2.45, 2.75) is 70.0 Å². The SMILES string of the molecule is CC1(C)OC2[C@H](O[C@H]([C@H]3COC(C)(C)O3)[C@@H]2O)O1. The summed E-state index contributed by atoms with van der Waals surface area (Å²) in [6, 6.07) is 0. The molecule has 3 rings (SSSR count). The molecule has 0 spiro atoms. The van der Waals surface area contributed by atoms with Crippen LogP contribution in [0.15, 0.2) is 0 Å². The van der Waals surface area contributed by atoms with Crippen LogP contribution in [0.2, 0.25) is 0 Å². The summed E-state index contributed by atoms with van der Waals surface area (Å²) < 4.78 is 28.1. The Balaban J connectivity index is 1.68. The van der Waals surface area contributed by atoms with E-state index < -0.39 is 36.2 Å². The van der Waals surface area contributed by atoms with E-state index in [1.54, 1.807) is 13.8 Å². The molecule has 3 aliphatic heterocycles. The molecule has 3 heterocycles. The summed E-state index contributed by atoms with van der Waals surface area (Å²) in [5.41, 5.74) is 0. The van der Waals surface area contributed by atoms with Crippen molar-refractivity contribution in [1.82, 2.24) is 0 Å². The number of hydrogen-bond acceptors (Lipinski definition) is 6. The number of aliphatic hydroxyl groups excluding tert-OH is 1. The van der Waals surface area contributed by atoms with Gasteiger partial charge in [-0.15, -0.1) is 0 Å². The molecule has 3 fully saturated rings. The smallest absolute Gasteiger partial charge is 0.190 e. The Bertz CT molecular complexity index is 341. The molecular formula is C12H20O6. The molecule has 0 saturated carbocycles. The highest BCUT2D eigenvalue weighted by atomic mass is 16.8. The van der Waals surface area contributed by atoms with Gasteiger partial charge in [-0.05, 0) is 27.7 Å². The quantitative estimate of drug-likeness (QED) is 0.735. The van der Waals surface area contributed by atoms with Gasteiger partial charge in [0.25, 0.3) is 0 Å². The van der Waals surface area contributed by atoms with Gasteiger partial charge in [0, 0.05) is 0 Å². The maximum atomic E-state index is 10.3. The summed E-state index contributed by atoms with van der Waals surface area (Å²) >= 11 is 0. The lowest BCUT2D eigenvalue weighted by atomic mass is 10.1. The average Bonchev–Trinajstić information content (AvgIpc) is 2.81. The van der Waals surface area contributed by atoms with E-state index in [1.807, 2.05) is 13.8 Å². The fourth-order valence-electron chi connectivity index (χ4n) is 2.70. The molecule has 0 aromatic rings. The van der Waals surface area contributed by atoms with E-state index in [1.165, 1.54) is 0 Å². The van der Waals surface area contributed by atoms with Crippen molar-refractivity contribution in [3.05, 3.63) is 0 Å². The van der Waals surface area contributed by atoms with Crippen LogP contribution in [0.25, 0.3) is 0 Å². The van der Waals surface area contributed by atoms with E-state index in [4.69, 9.17) is 23.7 Å². The minimum atomic E-state index is -0.765. The summed E-state index contributed by atoms with van der Waals surface area (Å²) in [6.45, 7) is 7.68. The van der Waals surface area contributed by atoms with Crippen molar-refractivity contribution in [2.24, 2.45) is 0 Å². The first-order valence-electron chi connectivity index (χ1n) is 6.28. The Kier molecular flexibility index (Phi) is 2.75. The lowest BCUT2D eigenvalue weighted by Gasteiger charge is -2.26. The lowest BCUT2D eigenvalue weighted by molar-refractivity contribution is -0.232. The molecule has 0 amide bonds. The van der Waals surface area contributed by atoms with Gasteiger partial charge in [-0.2, -0.15) is 0 Å². The predicted molar refractivity (Wildman–Crippen MR) is 59.6 cm³/mol. The van der Waals surface area contributed by atoms with Gasteiger partial charge in [-0.3, -0.25) is 0 Å². The standard InChI is InChI=1S/C12H20O6/c1-11(2)14-5-6(16-11)8-7(13)9-10(15-8)18-12(3,4)17-9/h6-10,13H,5H2,1-4H3/t6-,7+,8-,9?,10-/m1/s1. The Labute approximate surface area is 106 Å². The van der Waals surface area contributed by atoms with Crippen LogP contribution in [0, 0.1) is 0 Å². The molecule has 18 heavy (non-hydrogen) atoms. The molecule has 0 radical (unpaired) electrons. The van der Waals surface area contributed by atoms with Gasteiger partial charge in [0.05, 0.1) is 6.61 Å². The summed E-state index contributed by atoms with van der Waals surface area (Å²) in [7, 11) is 0. The summed E-state index contributed by atoms with van der Waals surface area (Å²) in [4.78, 5) is 0. The molecule has 0 aromatic carbocycles. The molecule has 3 aliphatic rings. The van der Waals surface area contributed by atoms with Gasteiger partial charge in [0.1, 0.15) is 24.4 Å². The van der Waals surface area contributed by atoms with Gasteiger partial charge in [-0.1, -0.05) is 0 Å². The van der Waals surface area contributed by atoms with E-state index in [0.29, 0.717) is 6.61 Å². The van der Waals surface area contributed by atoms with E-state index in [0.717, 1.165) is 0 Å². The van der Waals surface area contributed by atoms with Crippen molar-refractivity contribution in [3.63, 3.8) is 0 Å². The highest BCUT2D eigenvalue weighted by Gasteiger charge is 2.57. The Morgan fingerprint density at radius 3 is 2.22 bits per heavy atom. The average molecular weight is 260 g/mol. The third kappa shape index (κ3) is 2.07. The lowest BCUT2D eigenvalue weighted by Crippen LogP contribution is -2.42. The number of ether oxygens (including phenoxy) is 5. The second kappa shape index (κ2) is 3.88. The summed E-state index contributed by atoms with van der Waals surface area (Å²) in [5, 5.41) is 10.3. The number of fused-ring (bicyclic) bond motifs is 1. The fourth-order valence-corrected chi connectivity index (χ4v) is 2.70. The molecule has 1 N–H and O–H groups in total. The highest BCUT2D eigenvalue weighted by molar-refractivity contribution is 4.97. The van der Waals surface area contributed by atoms with Gasteiger partial charge < -0.3 is 28.8 Å². The van der Waals surface area contributed by atoms with Gasteiger partial charge >= 0.3 is 0 Å². The first kappa shape index (κ1) is 12.8. The first-order valence-corrected chi connectivity index (χ1v) is 6.28. The predicted octanol–water partition coefficient (Wildman–Crippen LogP) is 0.375. The minimum Gasteiger partial charge on any atom is -0.387 e. The van der Waals surface area contributed by atoms with Crippen LogP contribution in [0.1, 0.15) is 27.7 Å². The Hall–Kier alpha value is -0.240. The molecule has 0 bridgehead atoms. The normalized spacial score (nSPS) is 49.5. The van der Waals surface area contributed by atoms with Gasteiger partial charge in [0.15, 0.2) is 17.9 Å². The monoisotopic (exact) mass is 260 g/mol. The van der Waals surface area contributed by atoms with Gasteiger partial charge in [0.2, 0.25) is 0 Å². The summed E-state index contributed by atoms with van der Waals surface area (Å²) in [5.74, 6) is -1.35. The maximum Gasteiger partial charge on any atom is 0.190 e. The molecule has 104 valence electrons. The highest BCUT2D eigenvalue weighted by Crippen LogP contribution is 2.40. The summed E-state index contributed by atoms with van der Waals surface area (Å²) in [6.07, 6.45) is -2.53. The largest absolute Gasteiger partial charge is 0.387 e. The second-order valence-electron chi connectivity index (χ2n) is 5.93. The molecule has 0 aromatic heterocycles.